The van der Waals surface area contributed by atoms with Crippen LogP contribution in [0, 0.1) is 6.92 Å². The lowest BCUT2D eigenvalue weighted by Crippen LogP contribution is -2.46. The maximum Gasteiger partial charge on any atom is 0.289 e. The van der Waals surface area contributed by atoms with E-state index in [-0.39, 0.29) is 24.5 Å². The molecule has 1 N–H and O–H groups in total. The van der Waals surface area contributed by atoms with Crippen LogP contribution < -0.4 is 10.1 Å². The van der Waals surface area contributed by atoms with E-state index in [1.54, 1.807) is 23.1 Å². The Kier molecular flexibility index (Phi) is 6.46. The predicted octanol–water partition coefficient (Wildman–Crippen LogP) is 4.56. The van der Waals surface area contributed by atoms with Crippen molar-refractivity contribution in [3.05, 3.63) is 76.0 Å². The van der Waals surface area contributed by atoms with Crippen LogP contribution in [0.4, 0.5) is 0 Å². The first kappa shape index (κ1) is 21.2. The summed E-state index contributed by atoms with van der Waals surface area (Å²) in [4.78, 5) is 26.8. The Bertz CT molecular complexity index is 1070. The molecule has 1 saturated heterocycles. The van der Waals surface area contributed by atoms with Gasteiger partial charge in [-0.2, -0.15) is 0 Å². The van der Waals surface area contributed by atoms with Crippen LogP contribution in [-0.2, 0) is 6.61 Å². The standard InChI is InChI=1S/C23H23BrN2O5/c1-15-9-12-29-21(15)22(27)25-17-7-10-26(11-8-17)23(28)20-6-5-19(31-20)14-30-18-4-2-3-16(24)13-18/h2-6,9,12-13,17H,7-8,10-11,14H2,1H3,(H,25,27). The minimum atomic E-state index is -0.214. The molecule has 8 heteroatoms. The van der Waals surface area contributed by atoms with E-state index in [0.717, 1.165) is 10.0 Å². The third-order valence-corrected chi connectivity index (χ3v) is 5.73. The summed E-state index contributed by atoms with van der Waals surface area (Å²) in [6.45, 7) is 3.17. The number of furan rings is 2. The van der Waals surface area contributed by atoms with Crippen molar-refractivity contribution in [3.8, 4) is 5.75 Å². The van der Waals surface area contributed by atoms with Crippen molar-refractivity contribution in [2.45, 2.75) is 32.4 Å². The van der Waals surface area contributed by atoms with E-state index >= 15 is 0 Å². The molecule has 1 aliphatic rings. The van der Waals surface area contributed by atoms with Gasteiger partial charge in [-0.05, 0) is 56.2 Å². The van der Waals surface area contributed by atoms with E-state index in [4.69, 9.17) is 13.6 Å². The predicted molar refractivity (Wildman–Crippen MR) is 117 cm³/mol. The molecule has 0 unspecified atom stereocenters. The van der Waals surface area contributed by atoms with Crippen LogP contribution in [0.2, 0.25) is 0 Å². The number of hydrogen-bond donors (Lipinski definition) is 1. The number of piperidine rings is 1. The molecular weight excluding hydrogens is 464 g/mol. The zero-order valence-electron chi connectivity index (χ0n) is 17.1. The highest BCUT2D eigenvalue weighted by molar-refractivity contribution is 9.10. The average molecular weight is 487 g/mol. The number of rotatable bonds is 6. The molecule has 0 spiro atoms. The Morgan fingerprint density at radius 1 is 1.19 bits per heavy atom. The zero-order valence-corrected chi connectivity index (χ0v) is 18.7. The molecule has 0 aliphatic carbocycles. The molecule has 0 radical (unpaired) electrons. The van der Waals surface area contributed by atoms with Crippen LogP contribution in [0.25, 0.3) is 0 Å². The van der Waals surface area contributed by atoms with Gasteiger partial charge in [0.2, 0.25) is 0 Å². The van der Waals surface area contributed by atoms with E-state index in [1.165, 1.54) is 6.26 Å². The van der Waals surface area contributed by atoms with Crippen LogP contribution in [0.5, 0.6) is 5.75 Å². The molecule has 0 atom stereocenters. The van der Waals surface area contributed by atoms with Gasteiger partial charge in [-0.1, -0.05) is 22.0 Å². The number of ether oxygens (including phenoxy) is 1. The van der Waals surface area contributed by atoms with E-state index in [1.807, 2.05) is 31.2 Å². The minimum Gasteiger partial charge on any atom is -0.486 e. The highest BCUT2D eigenvalue weighted by Crippen LogP contribution is 2.21. The van der Waals surface area contributed by atoms with Crippen molar-refractivity contribution < 1.29 is 23.2 Å². The Morgan fingerprint density at radius 2 is 2.00 bits per heavy atom. The van der Waals surface area contributed by atoms with Crippen molar-refractivity contribution in [1.29, 1.82) is 0 Å². The molecule has 1 aliphatic heterocycles. The first-order valence-electron chi connectivity index (χ1n) is 10.1. The van der Waals surface area contributed by atoms with E-state index in [9.17, 15) is 9.59 Å². The maximum absolute atomic E-state index is 12.8. The molecular formula is C23H23BrN2O5. The van der Waals surface area contributed by atoms with Gasteiger partial charge in [-0.3, -0.25) is 9.59 Å². The number of carbonyl (C=O) groups excluding carboxylic acids is 2. The lowest BCUT2D eigenvalue weighted by molar-refractivity contribution is 0.0661. The number of nitrogens with zero attached hydrogens (tertiary/aromatic N) is 1. The number of aryl methyl sites for hydroxylation is 1. The van der Waals surface area contributed by atoms with Gasteiger partial charge >= 0.3 is 0 Å². The van der Waals surface area contributed by atoms with Gasteiger partial charge in [0, 0.05) is 29.2 Å². The van der Waals surface area contributed by atoms with E-state index < -0.39 is 0 Å². The topological polar surface area (TPSA) is 84.9 Å². The quantitative estimate of drug-likeness (QED) is 0.551. The molecule has 2 aromatic heterocycles. The first-order valence-corrected chi connectivity index (χ1v) is 10.9. The van der Waals surface area contributed by atoms with Crippen molar-refractivity contribution in [1.82, 2.24) is 10.2 Å². The molecule has 0 saturated carbocycles. The van der Waals surface area contributed by atoms with E-state index in [2.05, 4.69) is 21.2 Å². The van der Waals surface area contributed by atoms with Crippen LogP contribution in [0.1, 0.15) is 45.3 Å². The highest BCUT2D eigenvalue weighted by Gasteiger charge is 2.27. The first-order chi connectivity index (χ1) is 15.0. The lowest BCUT2D eigenvalue weighted by atomic mass is 10.0. The molecule has 31 heavy (non-hydrogen) atoms. The third-order valence-electron chi connectivity index (χ3n) is 5.24. The van der Waals surface area contributed by atoms with Crippen molar-refractivity contribution in [2.75, 3.05) is 13.1 Å². The van der Waals surface area contributed by atoms with Gasteiger partial charge in [0.15, 0.2) is 11.5 Å². The van der Waals surface area contributed by atoms with Gasteiger partial charge in [0.1, 0.15) is 18.1 Å². The van der Waals surface area contributed by atoms with Gasteiger partial charge in [0.05, 0.1) is 6.26 Å². The fourth-order valence-electron chi connectivity index (χ4n) is 3.52. The van der Waals surface area contributed by atoms with Gasteiger partial charge in [-0.25, -0.2) is 0 Å². The smallest absolute Gasteiger partial charge is 0.289 e. The molecule has 162 valence electrons. The largest absolute Gasteiger partial charge is 0.486 e. The Balaban J connectivity index is 1.27. The van der Waals surface area contributed by atoms with Gasteiger partial charge < -0.3 is 23.8 Å². The Hall–Kier alpha value is -3.00. The van der Waals surface area contributed by atoms with Crippen LogP contribution in [-0.4, -0.2) is 35.8 Å². The summed E-state index contributed by atoms with van der Waals surface area (Å²) in [5.74, 6) is 1.56. The molecule has 3 aromatic rings. The molecule has 0 bridgehead atoms. The second-order valence-electron chi connectivity index (χ2n) is 7.48. The minimum absolute atomic E-state index is 0.00630. The maximum atomic E-state index is 12.8. The second kappa shape index (κ2) is 9.43. The van der Waals surface area contributed by atoms with Crippen LogP contribution in [0.15, 0.2) is 62.0 Å². The molecule has 3 heterocycles. The molecule has 2 amide bonds. The highest BCUT2D eigenvalue weighted by atomic mass is 79.9. The van der Waals surface area contributed by atoms with Crippen molar-refractivity contribution in [2.24, 2.45) is 0 Å². The zero-order chi connectivity index (χ0) is 21.8. The van der Waals surface area contributed by atoms with Gasteiger partial charge in [-0.15, -0.1) is 0 Å². The SMILES string of the molecule is Cc1ccoc1C(=O)NC1CCN(C(=O)c2ccc(COc3cccc(Br)c3)o2)CC1. The molecule has 7 nitrogen and oxygen atoms in total. The van der Waals surface area contributed by atoms with Crippen molar-refractivity contribution >= 4 is 27.7 Å². The Labute approximate surface area is 188 Å². The normalized spacial score (nSPS) is 14.5. The fraction of sp³-hybridized carbons (Fsp3) is 0.304. The second-order valence-corrected chi connectivity index (χ2v) is 8.40. The summed E-state index contributed by atoms with van der Waals surface area (Å²) in [7, 11) is 0. The number of nitrogens with one attached hydrogen (secondary N) is 1. The molecule has 1 fully saturated rings. The lowest BCUT2D eigenvalue weighted by Gasteiger charge is -2.31. The van der Waals surface area contributed by atoms with Crippen molar-refractivity contribution in [3.63, 3.8) is 0 Å². The monoisotopic (exact) mass is 486 g/mol. The third kappa shape index (κ3) is 5.19. The summed E-state index contributed by atoms with van der Waals surface area (Å²) in [6, 6.07) is 12.7. The number of carbonyl (C=O) groups is 2. The van der Waals surface area contributed by atoms with Crippen LogP contribution in [0.3, 0.4) is 0 Å². The number of halogens is 1. The van der Waals surface area contributed by atoms with E-state index in [0.29, 0.717) is 49.0 Å². The summed E-state index contributed by atoms with van der Waals surface area (Å²) in [5.41, 5.74) is 0.808. The fourth-order valence-corrected chi connectivity index (χ4v) is 3.90. The summed E-state index contributed by atoms with van der Waals surface area (Å²) in [6.07, 6.45) is 2.86. The summed E-state index contributed by atoms with van der Waals surface area (Å²) < 4.78 is 17.6. The number of hydrogen-bond acceptors (Lipinski definition) is 5. The number of likely N-dealkylation sites (tertiary alicyclic amines) is 1. The molecule has 1 aromatic carbocycles. The van der Waals surface area contributed by atoms with Gasteiger partial charge in [0.25, 0.3) is 11.8 Å². The number of amides is 2. The Morgan fingerprint density at radius 3 is 2.71 bits per heavy atom. The summed E-state index contributed by atoms with van der Waals surface area (Å²) in [5, 5.41) is 2.99. The molecule has 4 rings (SSSR count). The summed E-state index contributed by atoms with van der Waals surface area (Å²) >= 11 is 3.40. The number of benzene rings is 1. The average Bonchev–Trinajstić information content (AvgIpc) is 3.41. The van der Waals surface area contributed by atoms with Crippen LogP contribution >= 0.6 is 15.9 Å².